The van der Waals surface area contributed by atoms with Crippen molar-refractivity contribution in [2.75, 3.05) is 44.2 Å². The normalized spacial score (nSPS) is 20.2. The van der Waals surface area contributed by atoms with E-state index >= 15 is 0 Å². The summed E-state index contributed by atoms with van der Waals surface area (Å²) in [6.45, 7) is 6.01. The van der Waals surface area contributed by atoms with Gasteiger partial charge in [0.25, 0.3) is 0 Å². The van der Waals surface area contributed by atoms with Crippen LogP contribution in [0.5, 0.6) is 5.75 Å². The van der Waals surface area contributed by atoms with E-state index in [9.17, 15) is 9.50 Å². The molecule has 1 N–H and O–H groups in total. The highest BCUT2D eigenvalue weighted by Gasteiger charge is 2.30. The molecule has 2 aromatic carbocycles. The van der Waals surface area contributed by atoms with E-state index in [1.54, 1.807) is 12.3 Å². The third-order valence-corrected chi connectivity index (χ3v) is 6.66. The number of phenolic OH excluding ortho intramolecular Hbond substituents is 1. The van der Waals surface area contributed by atoms with Gasteiger partial charge in [-0.1, -0.05) is 24.3 Å². The molecule has 1 saturated carbocycles. The third-order valence-electron chi connectivity index (χ3n) is 6.66. The van der Waals surface area contributed by atoms with Gasteiger partial charge in [-0.25, -0.2) is 4.39 Å². The Morgan fingerprint density at radius 3 is 2.25 bits per heavy atom. The predicted molar refractivity (Wildman–Crippen MR) is 129 cm³/mol. The Labute approximate surface area is 189 Å². The van der Waals surface area contributed by atoms with E-state index in [0.29, 0.717) is 11.1 Å². The van der Waals surface area contributed by atoms with E-state index in [1.807, 2.05) is 17.2 Å². The first-order valence-corrected chi connectivity index (χ1v) is 11.7. The monoisotopic (exact) mass is 434 g/mol. The molecular weight excluding hydrogens is 403 g/mol. The number of hydrogen-bond donors (Lipinski definition) is 1. The Bertz CT molecular complexity index is 986. The summed E-state index contributed by atoms with van der Waals surface area (Å²) in [6.07, 6.45) is 10.6. The predicted octanol–water partition coefficient (Wildman–Crippen LogP) is 4.42. The van der Waals surface area contributed by atoms with Crippen LogP contribution in [0.2, 0.25) is 0 Å². The molecule has 2 heterocycles. The van der Waals surface area contributed by atoms with Gasteiger partial charge < -0.3 is 10.0 Å². The highest BCUT2D eigenvalue weighted by molar-refractivity contribution is 5.85. The zero-order valence-electron chi connectivity index (χ0n) is 18.5. The average molecular weight is 435 g/mol. The molecule has 0 aromatic heterocycles. The lowest BCUT2D eigenvalue weighted by Crippen LogP contribution is -2.45. The topological polar surface area (TPSA) is 42.3 Å². The van der Waals surface area contributed by atoms with Crippen LogP contribution in [0, 0.1) is 5.82 Å². The summed E-state index contributed by atoms with van der Waals surface area (Å²) in [5.41, 5.74) is 3.42. The minimum atomic E-state index is -0.628. The van der Waals surface area contributed by atoms with Gasteiger partial charge in [0.05, 0.1) is 6.21 Å². The van der Waals surface area contributed by atoms with E-state index in [1.165, 1.54) is 37.4 Å². The zero-order chi connectivity index (χ0) is 21.9. The molecule has 0 unspecified atom stereocenters. The summed E-state index contributed by atoms with van der Waals surface area (Å²) < 4.78 is 14.3. The van der Waals surface area contributed by atoms with Crippen molar-refractivity contribution in [3.05, 3.63) is 58.9 Å². The zero-order valence-corrected chi connectivity index (χ0v) is 18.5. The average Bonchev–Trinajstić information content (AvgIpc) is 3.53. The highest BCUT2D eigenvalue weighted by Crippen LogP contribution is 2.28. The Kier molecular flexibility index (Phi) is 6.12. The fourth-order valence-electron chi connectivity index (χ4n) is 4.58. The lowest BCUT2D eigenvalue weighted by molar-refractivity contribution is 0.130. The molecular formula is C26H31FN4O. The number of rotatable bonds is 6. The summed E-state index contributed by atoms with van der Waals surface area (Å²) >= 11 is 0. The summed E-state index contributed by atoms with van der Waals surface area (Å²) in [4.78, 5) is 4.92. The largest absolute Gasteiger partial charge is 0.504 e. The van der Waals surface area contributed by atoms with Crippen LogP contribution in [-0.4, -0.2) is 66.5 Å². The number of anilines is 1. The van der Waals surface area contributed by atoms with Gasteiger partial charge in [0.15, 0.2) is 11.6 Å². The van der Waals surface area contributed by atoms with Gasteiger partial charge in [-0.05, 0) is 61.1 Å². The molecule has 168 valence electrons. The Morgan fingerprint density at radius 2 is 1.56 bits per heavy atom. The van der Waals surface area contributed by atoms with Crippen LogP contribution >= 0.6 is 0 Å². The molecule has 3 fully saturated rings. The number of aromatic hydroxyl groups is 1. The quantitative estimate of drug-likeness (QED) is 0.540. The fraction of sp³-hybridized carbons (Fsp3) is 0.423. The number of halogens is 1. The molecule has 32 heavy (non-hydrogen) atoms. The number of piperazine rings is 1. The summed E-state index contributed by atoms with van der Waals surface area (Å²) in [7, 11) is 0. The number of hydrazone groups is 1. The number of hydrogen-bond acceptors (Lipinski definition) is 5. The molecule has 2 aromatic rings. The van der Waals surface area contributed by atoms with Crippen LogP contribution in [0.3, 0.4) is 0 Å². The van der Waals surface area contributed by atoms with Crippen molar-refractivity contribution in [1.29, 1.82) is 0 Å². The first-order chi connectivity index (χ1) is 15.7. The molecule has 3 aliphatic rings. The van der Waals surface area contributed by atoms with E-state index in [0.717, 1.165) is 50.9 Å². The fourth-order valence-corrected chi connectivity index (χ4v) is 4.58. The Balaban J connectivity index is 1.24. The van der Waals surface area contributed by atoms with E-state index in [2.05, 4.69) is 39.2 Å². The number of phenols is 1. The molecule has 2 aliphatic heterocycles. The van der Waals surface area contributed by atoms with Gasteiger partial charge in [0.1, 0.15) is 0 Å². The molecule has 2 saturated heterocycles. The van der Waals surface area contributed by atoms with Crippen molar-refractivity contribution in [1.82, 2.24) is 9.91 Å². The van der Waals surface area contributed by atoms with Gasteiger partial charge in [0, 0.05) is 56.6 Å². The molecule has 0 amide bonds. The maximum absolute atomic E-state index is 14.3. The maximum atomic E-state index is 14.3. The Morgan fingerprint density at radius 1 is 0.875 bits per heavy atom. The van der Waals surface area contributed by atoms with Crippen molar-refractivity contribution in [2.45, 2.75) is 31.7 Å². The molecule has 0 atom stereocenters. The second kappa shape index (κ2) is 9.33. The molecule has 0 radical (unpaired) electrons. The van der Waals surface area contributed by atoms with Gasteiger partial charge in [0.2, 0.25) is 0 Å². The summed E-state index contributed by atoms with van der Waals surface area (Å²) in [5.74, 6) is -0.978. The molecule has 5 nitrogen and oxygen atoms in total. The number of nitrogens with zero attached hydrogens (tertiary/aromatic N) is 4. The Hall–Kier alpha value is -2.86. The van der Waals surface area contributed by atoms with Gasteiger partial charge in [-0.3, -0.25) is 9.91 Å². The van der Waals surface area contributed by atoms with Crippen molar-refractivity contribution >= 4 is 24.1 Å². The number of benzene rings is 2. The van der Waals surface area contributed by atoms with Crippen LogP contribution in [0.25, 0.3) is 12.2 Å². The SMILES string of the molecule is Oc1c(F)cc(/C=C/c2ccc(N3CCCC3)cc2)cc1/C=N/N1CCN(C2CC2)CC1. The maximum Gasteiger partial charge on any atom is 0.166 e. The first-order valence-electron chi connectivity index (χ1n) is 11.7. The summed E-state index contributed by atoms with van der Waals surface area (Å²) in [5, 5.41) is 16.7. The van der Waals surface area contributed by atoms with Gasteiger partial charge >= 0.3 is 0 Å². The van der Waals surface area contributed by atoms with Gasteiger partial charge in [-0.2, -0.15) is 5.10 Å². The van der Waals surface area contributed by atoms with E-state index in [-0.39, 0.29) is 5.75 Å². The standard InChI is InChI=1S/C26H31FN4O/c27-25-18-21(4-3-20-5-7-23(8-6-20)29-11-1-2-12-29)17-22(26(25)32)19-28-31-15-13-30(14-16-31)24-9-10-24/h3-8,17-19,24,32H,1-2,9-16H2/b4-3+,28-19+. The smallest absolute Gasteiger partial charge is 0.166 e. The molecule has 5 rings (SSSR count). The highest BCUT2D eigenvalue weighted by atomic mass is 19.1. The minimum absolute atomic E-state index is 0.350. The lowest BCUT2D eigenvalue weighted by Gasteiger charge is -2.33. The third kappa shape index (κ3) is 4.96. The van der Waals surface area contributed by atoms with Crippen molar-refractivity contribution in [3.8, 4) is 5.75 Å². The van der Waals surface area contributed by atoms with Gasteiger partial charge in [-0.15, -0.1) is 0 Å². The summed E-state index contributed by atoms with van der Waals surface area (Å²) in [6, 6.07) is 12.4. The van der Waals surface area contributed by atoms with Crippen LogP contribution < -0.4 is 4.90 Å². The van der Waals surface area contributed by atoms with Crippen molar-refractivity contribution in [3.63, 3.8) is 0 Å². The van der Waals surface area contributed by atoms with Crippen molar-refractivity contribution in [2.24, 2.45) is 5.10 Å². The molecule has 6 heteroatoms. The van der Waals surface area contributed by atoms with E-state index < -0.39 is 5.82 Å². The first kappa shape index (κ1) is 21.0. The molecule has 0 bridgehead atoms. The van der Waals surface area contributed by atoms with Crippen molar-refractivity contribution < 1.29 is 9.50 Å². The minimum Gasteiger partial charge on any atom is -0.504 e. The van der Waals surface area contributed by atoms with Crippen LogP contribution in [0.1, 0.15) is 42.4 Å². The second-order valence-electron chi connectivity index (χ2n) is 9.02. The van der Waals surface area contributed by atoms with Crippen LogP contribution in [0.15, 0.2) is 41.5 Å². The molecule has 0 spiro atoms. The van der Waals surface area contributed by atoms with Crippen LogP contribution in [0.4, 0.5) is 10.1 Å². The van der Waals surface area contributed by atoms with Crippen LogP contribution in [-0.2, 0) is 0 Å². The molecule has 1 aliphatic carbocycles. The second-order valence-corrected chi connectivity index (χ2v) is 9.02. The lowest BCUT2D eigenvalue weighted by atomic mass is 10.1. The van der Waals surface area contributed by atoms with E-state index in [4.69, 9.17) is 0 Å².